The molecule has 1 N–H and O–H groups in total. The van der Waals surface area contributed by atoms with Crippen molar-refractivity contribution in [3.63, 3.8) is 0 Å². The predicted molar refractivity (Wildman–Crippen MR) is 63.0 cm³/mol. The molecule has 2 aromatic carbocycles. The standard InChI is InChI=1S/C14H10IO3/c16-13(10-5-2-1-3-6-10)11-7-4-8-12(9-11)15-14(17)18/h1-9H,(H,17,18)/q-1. The number of ketones is 1. The van der Waals surface area contributed by atoms with Gasteiger partial charge in [-0.1, -0.05) is 0 Å². The van der Waals surface area contributed by atoms with Crippen LogP contribution in [-0.2, 0) is 0 Å². The van der Waals surface area contributed by atoms with Gasteiger partial charge in [0.05, 0.1) is 0 Å². The Labute approximate surface area is 115 Å². The molecule has 0 bridgehead atoms. The van der Waals surface area contributed by atoms with Crippen LogP contribution in [0.2, 0.25) is 0 Å². The number of carbonyl (C=O) groups excluding carboxylic acids is 1. The molecule has 0 saturated carbocycles. The normalized spacial score (nSPS) is 10.2. The number of hydrogen-bond acceptors (Lipinski definition) is 2. The molecule has 92 valence electrons. The van der Waals surface area contributed by atoms with Crippen LogP contribution in [0.5, 0.6) is 0 Å². The maximum atomic E-state index is 12.1. The van der Waals surface area contributed by atoms with Gasteiger partial charge < -0.3 is 0 Å². The first kappa shape index (κ1) is 12.8. The molecule has 0 fully saturated rings. The van der Waals surface area contributed by atoms with E-state index in [9.17, 15) is 9.59 Å². The van der Waals surface area contributed by atoms with Gasteiger partial charge in [0.2, 0.25) is 0 Å². The number of halogens is 1. The van der Waals surface area contributed by atoms with E-state index < -0.39 is 25.2 Å². The first-order valence-electron chi connectivity index (χ1n) is 5.24. The third-order valence-corrected chi connectivity index (χ3v) is 4.07. The predicted octanol–water partition coefficient (Wildman–Crippen LogP) is -0.146. The van der Waals surface area contributed by atoms with Crippen molar-refractivity contribution in [1.82, 2.24) is 0 Å². The van der Waals surface area contributed by atoms with Crippen LogP contribution in [0.4, 0.5) is 4.79 Å². The van der Waals surface area contributed by atoms with E-state index in [4.69, 9.17) is 5.11 Å². The molecule has 0 unspecified atom stereocenters. The van der Waals surface area contributed by atoms with E-state index in [1.54, 1.807) is 48.5 Å². The number of hydrogen-bond donors (Lipinski definition) is 1. The van der Waals surface area contributed by atoms with Gasteiger partial charge in [0.15, 0.2) is 0 Å². The number of benzene rings is 2. The summed E-state index contributed by atoms with van der Waals surface area (Å²) in [6, 6.07) is 15.8. The third kappa shape index (κ3) is 3.16. The molecular formula is C14H10IO3-. The fraction of sp³-hybridized carbons (Fsp3) is 0. The van der Waals surface area contributed by atoms with Gasteiger partial charge >= 0.3 is 115 Å². The fourth-order valence-electron chi connectivity index (χ4n) is 1.54. The van der Waals surface area contributed by atoms with Crippen LogP contribution in [0.25, 0.3) is 0 Å². The van der Waals surface area contributed by atoms with E-state index in [1.807, 2.05) is 6.07 Å². The average Bonchev–Trinajstić information content (AvgIpc) is 2.38. The van der Waals surface area contributed by atoms with E-state index >= 15 is 0 Å². The van der Waals surface area contributed by atoms with Crippen LogP contribution in [0.3, 0.4) is 0 Å². The summed E-state index contributed by atoms with van der Waals surface area (Å²) in [4.78, 5) is 22.8. The van der Waals surface area contributed by atoms with Gasteiger partial charge in [-0.3, -0.25) is 0 Å². The molecule has 3 nitrogen and oxygen atoms in total. The molecule has 2 rings (SSSR count). The Morgan fingerprint density at radius 3 is 2.22 bits per heavy atom. The van der Waals surface area contributed by atoms with Gasteiger partial charge in [0.25, 0.3) is 0 Å². The van der Waals surface area contributed by atoms with Gasteiger partial charge in [-0.25, -0.2) is 0 Å². The molecule has 0 aliphatic carbocycles. The van der Waals surface area contributed by atoms with Crippen LogP contribution in [0, 0.1) is 3.57 Å². The minimum absolute atomic E-state index is 0.0770. The Hall–Kier alpha value is -1.69. The van der Waals surface area contributed by atoms with Crippen molar-refractivity contribution in [1.29, 1.82) is 0 Å². The molecule has 0 aliphatic rings. The molecule has 2 aromatic rings. The summed E-state index contributed by atoms with van der Waals surface area (Å²) in [5.74, 6) is -0.0770. The Bertz CT molecular complexity index is 579. The van der Waals surface area contributed by atoms with Gasteiger partial charge in [0.1, 0.15) is 0 Å². The molecule has 0 saturated heterocycles. The summed E-state index contributed by atoms with van der Waals surface area (Å²) in [6.45, 7) is 0. The summed E-state index contributed by atoms with van der Waals surface area (Å²) in [5.41, 5.74) is 1.16. The Kier molecular flexibility index (Phi) is 4.09. The SMILES string of the molecule is O=C(O)[I-]c1cccc(C(=O)c2ccccc2)c1. The average molecular weight is 353 g/mol. The monoisotopic (exact) mass is 353 g/mol. The van der Waals surface area contributed by atoms with Gasteiger partial charge in [-0.2, -0.15) is 0 Å². The topological polar surface area (TPSA) is 54.4 Å². The minimum atomic E-state index is -1.08. The summed E-state index contributed by atoms with van der Waals surface area (Å²) >= 11 is -1.08. The Balaban J connectivity index is 2.29. The van der Waals surface area contributed by atoms with Crippen molar-refractivity contribution in [2.24, 2.45) is 0 Å². The number of rotatable bonds is 4. The molecule has 18 heavy (non-hydrogen) atoms. The molecule has 0 atom stereocenters. The van der Waals surface area contributed by atoms with Crippen molar-refractivity contribution in [2.75, 3.05) is 0 Å². The van der Waals surface area contributed by atoms with Crippen LogP contribution in [0.1, 0.15) is 15.9 Å². The third-order valence-electron chi connectivity index (χ3n) is 2.31. The molecular weight excluding hydrogens is 343 g/mol. The van der Waals surface area contributed by atoms with E-state index in [2.05, 4.69) is 0 Å². The van der Waals surface area contributed by atoms with Crippen LogP contribution in [0.15, 0.2) is 54.6 Å². The van der Waals surface area contributed by atoms with Crippen molar-refractivity contribution in [3.8, 4) is 0 Å². The molecule has 0 heterocycles. The molecule has 0 spiro atoms. The quantitative estimate of drug-likeness (QED) is 0.473. The second-order valence-electron chi connectivity index (χ2n) is 3.55. The van der Waals surface area contributed by atoms with Crippen molar-refractivity contribution < 1.29 is 35.9 Å². The first-order chi connectivity index (χ1) is 8.66. The molecule has 0 amide bonds. The van der Waals surface area contributed by atoms with Crippen LogP contribution < -0.4 is 21.2 Å². The summed E-state index contributed by atoms with van der Waals surface area (Å²) in [6.07, 6.45) is 0. The van der Waals surface area contributed by atoms with Crippen molar-refractivity contribution in [3.05, 3.63) is 69.3 Å². The fourth-order valence-corrected chi connectivity index (χ4v) is 2.95. The van der Waals surface area contributed by atoms with E-state index in [1.165, 1.54) is 0 Å². The van der Waals surface area contributed by atoms with Crippen LogP contribution in [-0.4, -0.2) is 14.9 Å². The summed E-state index contributed by atoms with van der Waals surface area (Å²) in [7, 11) is 0. The van der Waals surface area contributed by atoms with E-state index in [0.29, 0.717) is 11.1 Å². The van der Waals surface area contributed by atoms with E-state index in [-0.39, 0.29) is 5.78 Å². The van der Waals surface area contributed by atoms with Gasteiger partial charge in [-0.05, 0) is 0 Å². The van der Waals surface area contributed by atoms with Gasteiger partial charge in [0, 0.05) is 0 Å². The Morgan fingerprint density at radius 1 is 0.889 bits per heavy atom. The molecule has 4 heteroatoms. The summed E-state index contributed by atoms with van der Waals surface area (Å²) in [5, 5.41) is 8.78. The van der Waals surface area contributed by atoms with Gasteiger partial charge in [-0.15, -0.1) is 0 Å². The number of carbonyl (C=O) groups is 2. The zero-order valence-electron chi connectivity index (χ0n) is 9.34. The van der Waals surface area contributed by atoms with Crippen molar-refractivity contribution >= 4 is 9.76 Å². The second kappa shape index (κ2) is 5.77. The first-order valence-corrected chi connectivity index (χ1v) is 7.40. The zero-order valence-corrected chi connectivity index (χ0v) is 11.5. The van der Waals surface area contributed by atoms with Crippen LogP contribution >= 0.6 is 0 Å². The maximum absolute atomic E-state index is 12.1. The van der Waals surface area contributed by atoms with Crippen molar-refractivity contribution in [2.45, 2.75) is 0 Å². The molecule has 0 aliphatic heterocycles. The number of carboxylic acid groups (broad SMARTS) is 1. The summed E-state index contributed by atoms with van der Waals surface area (Å²) < 4.78 is -0.0545. The second-order valence-corrected chi connectivity index (χ2v) is 6.26. The van der Waals surface area contributed by atoms with E-state index in [0.717, 1.165) is 3.57 Å². The molecule has 0 radical (unpaired) electrons. The zero-order chi connectivity index (χ0) is 13.0. The Morgan fingerprint density at radius 2 is 1.56 bits per heavy atom. The molecule has 0 aromatic heterocycles.